The highest BCUT2D eigenvalue weighted by Crippen LogP contribution is 2.25. The molecule has 0 aromatic heterocycles. The minimum absolute atomic E-state index is 0.0906. The Morgan fingerprint density at radius 1 is 0.970 bits per heavy atom. The van der Waals surface area contributed by atoms with Gasteiger partial charge in [-0.3, -0.25) is 14.5 Å². The van der Waals surface area contributed by atoms with Crippen LogP contribution in [0.1, 0.15) is 27.9 Å². The first-order valence-electron chi connectivity index (χ1n) is 11.2. The van der Waals surface area contributed by atoms with Gasteiger partial charge in [-0.25, -0.2) is 4.79 Å². The van der Waals surface area contributed by atoms with Crippen molar-refractivity contribution in [2.24, 2.45) is 0 Å². The normalized spacial score (nSPS) is 18.9. The van der Waals surface area contributed by atoms with Crippen LogP contribution in [-0.2, 0) is 27.3 Å². The fourth-order valence-electron chi connectivity index (χ4n) is 4.55. The molecule has 174 valence electrons. The summed E-state index contributed by atoms with van der Waals surface area (Å²) >= 11 is 6.20. The van der Waals surface area contributed by atoms with E-state index in [1.54, 1.807) is 34.1 Å². The van der Waals surface area contributed by atoms with E-state index in [1.807, 2.05) is 24.3 Å². The van der Waals surface area contributed by atoms with Crippen molar-refractivity contribution >= 4 is 29.4 Å². The molecule has 0 aliphatic carbocycles. The highest BCUT2D eigenvalue weighted by Gasteiger charge is 2.36. The molecule has 2 aromatic rings. The second-order valence-electron chi connectivity index (χ2n) is 8.44. The number of carbonyl (C=O) groups is 3. The first-order valence-corrected chi connectivity index (χ1v) is 11.6. The minimum Gasteiger partial charge on any atom is -0.467 e. The SMILES string of the molecule is COC(=O)C1Cc2ccccc2CN1C(=O)CN1CCCN(C(=O)c2ccccc2Cl)CC1. The van der Waals surface area contributed by atoms with Crippen LogP contribution in [-0.4, -0.2) is 78.4 Å². The van der Waals surface area contributed by atoms with Crippen LogP contribution in [0.4, 0.5) is 0 Å². The number of fused-ring (bicyclic) bond motifs is 1. The molecule has 2 aliphatic rings. The average Bonchev–Trinajstić information content (AvgIpc) is 3.08. The lowest BCUT2D eigenvalue weighted by atomic mass is 9.94. The molecule has 1 fully saturated rings. The number of halogens is 1. The van der Waals surface area contributed by atoms with Crippen LogP contribution in [0.25, 0.3) is 0 Å². The second kappa shape index (κ2) is 10.4. The predicted octanol–water partition coefficient (Wildman–Crippen LogP) is 2.61. The van der Waals surface area contributed by atoms with Gasteiger partial charge in [0.05, 0.1) is 24.2 Å². The molecule has 1 unspecified atom stereocenters. The van der Waals surface area contributed by atoms with Gasteiger partial charge < -0.3 is 14.5 Å². The first-order chi connectivity index (χ1) is 16.0. The molecule has 0 bridgehead atoms. The van der Waals surface area contributed by atoms with Crippen LogP contribution >= 0.6 is 11.6 Å². The highest BCUT2D eigenvalue weighted by molar-refractivity contribution is 6.33. The van der Waals surface area contributed by atoms with Crippen LogP contribution < -0.4 is 0 Å². The maximum atomic E-state index is 13.3. The number of hydrogen-bond donors (Lipinski definition) is 0. The van der Waals surface area contributed by atoms with E-state index in [0.717, 1.165) is 17.5 Å². The maximum absolute atomic E-state index is 13.3. The van der Waals surface area contributed by atoms with Gasteiger partial charge in [-0.2, -0.15) is 0 Å². The Morgan fingerprint density at radius 2 is 1.70 bits per heavy atom. The van der Waals surface area contributed by atoms with Gasteiger partial charge in [0.15, 0.2) is 0 Å². The van der Waals surface area contributed by atoms with Crippen LogP contribution in [0.3, 0.4) is 0 Å². The molecule has 2 heterocycles. The monoisotopic (exact) mass is 469 g/mol. The Hall–Kier alpha value is -2.90. The number of nitrogens with zero attached hydrogens (tertiary/aromatic N) is 3. The number of carbonyl (C=O) groups excluding carboxylic acids is 3. The molecule has 0 spiro atoms. The van der Waals surface area contributed by atoms with E-state index in [2.05, 4.69) is 4.90 Å². The van der Waals surface area contributed by atoms with Crippen molar-refractivity contribution in [1.29, 1.82) is 0 Å². The zero-order valence-electron chi connectivity index (χ0n) is 18.7. The quantitative estimate of drug-likeness (QED) is 0.644. The number of rotatable bonds is 4. The van der Waals surface area contributed by atoms with E-state index < -0.39 is 12.0 Å². The van der Waals surface area contributed by atoms with Gasteiger partial charge in [-0.05, 0) is 29.7 Å². The number of hydrogen-bond acceptors (Lipinski definition) is 5. The number of esters is 1. The predicted molar refractivity (Wildman–Crippen MR) is 125 cm³/mol. The lowest BCUT2D eigenvalue weighted by molar-refractivity contribution is -0.154. The van der Waals surface area contributed by atoms with E-state index in [9.17, 15) is 14.4 Å². The summed E-state index contributed by atoms with van der Waals surface area (Å²) in [6.07, 6.45) is 1.21. The Kier molecular flexibility index (Phi) is 7.30. The maximum Gasteiger partial charge on any atom is 0.328 e. The van der Waals surface area contributed by atoms with Crippen molar-refractivity contribution in [3.8, 4) is 0 Å². The first kappa shape index (κ1) is 23.3. The Bertz CT molecular complexity index is 1040. The van der Waals surface area contributed by atoms with Crippen molar-refractivity contribution < 1.29 is 19.1 Å². The number of methoxy groups -OCH3 is 1. The topological polar surface area (TPSA) is 70.2 Å². The van der Waals surface area contributed by atoms with E-state index >= 15 is 0 Å². The Labute approximate surface area is 198 Å². The molecule has 33 heavy (non-hydrogen) atoms. The number of benzene rings is 2. The van der Waals surface area contributed by atoms with Crippen LogP contribution in [0.15, 0.2) is 48.5 Å². The van der Waals surface area contributed by atoms with Gasteiger partial charge >= 0.3 is 5.97 Å². The summed E-state index contributed by atoms with van der Waals surface area (Å²) in [6, 6.07) is 14.3. The van der Waals surface area contributed by atoms with Crippen molar-refractivity contribution in [2.75, 3.05) is 39.8 Å². The second-order valence-corrected chi connectivity index (χ2v) is 8.84. The zero-order valence-corrected chi connectivity index (χ0v) is 19.5. The summed E-state index contributed by atoms with van der Waals surface area (Å²) in [5.74, 6) is -0.594. The van der Waals surface area contributed by atoms with Gasteiger partial charge in [-0.15, -0.1) is 0 Å². The van der Waals surface area contributed by atoms with E-state index in [0.29, 0.717) is 49.7 Å². The third-order valence-electron chi connectivity index (χ3n) is 6.38. The smallest absolute Gasteiger partial charge is 0.328 e. The van der Waals surface area contributed by atoms with Gasteiger partial charge in [-0.1, -0.05) is 48.0 Å². The van der Waals surface area contributed by atoms with E-state index in [4.69, 9.17) is 16.3 Å². The lowest BCUT2D eigenvalue weighted by Gasteiger charge is -2.36. The number of ether oxygens (including phenoxy) is 1. The summed E-state index contributed by atoms with van der Waals surface area (Å²) in [7, 11) is 1.35. The molecule has 8 heteroatoms. The van der Waals surface area contributed by atoms with Crippen LogP contribution in [0.5, 0.6) is 0 Å². The van der Waals surface area contributed by atoms with Crippen molar-refractivity contribution in [3.63, 3.8) is 0 Å². The molecule has 7 nitrogen and oxygen atoms in total. The standard InChI is InChI=1S/C25H28ClN3O4/c1-33-25(32)22-15-18-7-2-3-8-19(18)16-29(22)23(30)17-27-11-6-12-28(14-13-27)24(31)20-9-4-5-10-21(20)26/h2-5,7-10,22H,6,11-17H2,1H3. The van der Waals surface area contributed by atoms with Crippen molar-refractivity contribution in [2.45, 2.75) is 25.4 Å². The summed E-state index contributed by atoms with van der Waals surface area (Å²) in [5, 5.41) is 0.443. The highest BCUT2D eigenvalue weighted by atomic mass is 35.5. The summed E-state index contributed by atoms with van der Waals surface area (Å²) in [5.41, 5.74) is 2.62. The van der Waals surface area contributed by atoms with E-state index in [1.165, 1.54) is 7.11 Å². The largest absolute Gasteiger partial charge is 0.467 e. The van der Waals surface area contributed by atoms with Gasteiger partial charge in [0.25, 0.3) is 5.91 Å². The van der Waals surface area contributed by atoms with Crippen LogP contribution in [0.2, 0.25) is 5.02 Å². The lowest BCUT2D eigenvalue weighted by Crippen LogP contribution is -2.52. The fourth-order valence-corrected chi connectivity index (χ4v) is 4.77. The molecule has 1 saturated heterocycles. The van der Waals surface area contributed by atoms with Gasteiger partial charge in [0.1, 0.15) is 6.04 Å². The molecule has 1 atom stereocenters. The minimum atomic E-state index is -0.623. The molecule has 2 aromatic carbocycles. The van der Waals surface area contributed by atoms with Crippen molar-refractivity contribution in [3.05, 3.63) is 70.2 Å². The summed E-state index contributed by atoms with van der Waals surface area (Å²) in [6.45, 7) is 2.99. The molecule has 4 rings (SSSR count). The van der Waals surface area contributed by atoms with Gasteiger partial charge in [0, 0.05) is 39.1 Å². The summed E-state index contributed by atoms with van der Waals surface area (Å²) < 4.78 is 4.99. The zero-order chi connectivity index (χ0) is 23.4. The Balaban J connectivity index is 1.41. The molecule has 2 aliphatic heterocycles. The number of amides is 2. The third kappa shape index (κ3) is 5.20. The Morgan fingerprint density at radius 3 is 2.45 bits per heavy atom. The molecule has 0 N–H and O–H groups in total. The fraction of sp³-hybridized carbons (Fsp3) is 0.400. The van der Waals surface area contributed by atoms with Crippen molar-refractivity contribution in [1.82, 2.24) is 14.7 Å². The molecule has 2 amide bonds. The van der Waals surface area contributed by atoms with Gasteiger partial charge in [0.2, 0.25) is 5.91 Å². The average molecular weight is 470 g/mol. The molecule has 0 saturated carbocycles. The third-order valence-corrected chi connectivity index (χ3v) is 6.71. The van der Waals surface area contributed by atoms with Crippen LogP contribution in [0, 0.1) is 0 Å². The molecular formula is C25H28ClN3O4. The summed E-state index contributed by atoms with van der Waals surface area (Å²) in [4.78, 5) is 44.1. The molecule has 0 radical (unpaired) electrons. The molecular weight excluding hydrogens is 442 g/mol. The van der Waals surface area contributed by atoms with E-state index in [-0.39, 0.29) is 18.4 Å².